The molecule has 1 atom stereocenters. The fourth-order valence-electron chi connectivity index (χ4n) is 1.89. The molecule has 0 aromatic heterocycles. The summed E-state index contributed by atoms with van der Waals surface area (Å²) in [6.45, 7) is 2.07. The van der Waals surface area contributed by atoms with Gasteiger partial charge in [-0.15, -0.1) is 0 Å². The monoisotopic (exact) mass is 283 g/mol. The molecule has 8 heteroatoms. The molecule has 0 aliphatic carbocycles. The Labute approximate surface area is 113 Å². The highest BCUT2D eigenvalue weighted by atomic mass is 32.2. The van der Waals surface area contributed by atoms with Crippen molar-refractivity contribution in [3.8, 4) is 0 Å². The maximum atomic E-state index is 11.4. The SMILES string of the molecule is O=C1NCCN1CCc1cccc(NNS(=O)[O-])c1. The molecule has 1 fully saturated rings. The second-order valence-electron chi connectivity index (χ2n) is 4.13. The highest BCUT2D eigenvalue weighted by molar-refractivity contribution is 7.77. The molecule has 1 unspecified atom stereocenters. The van der Waals surface area contributed by atoms with Gasteiger partial charge < -0.3 is 20.2 Å². The van der Waals surface area contributed by atoms with E-state index >= 15 is 0 Å². The largest absolute Gasteiger partial charge is 0.759 e. The van der Waals surface area contributed by atoms with Gasteiger partial charge in [0, 0.05) is 36.6 Å². The minimum absolute atomic E-state index is 0.0299. The number of carbonyl (C=O) groups excluding carboxylic acids is 1. The third kappa shape index (κ3) is 4.19. The normalized spacial score (nSPS) is 16.3. The van der Waals surface area contributed by atoms with Crippen LogP contribution >= 0.6 is 0 Å². The number of benzene rings is 1. The van der Waals surface area contributed by atoms with Gasteiger partial charge in [0.2, 0.25) is 0 Å². The number of nitrogens with one attached hydrogen (secondary N) is 3. The molecule has 1 aromatic carbocycles. The van der Waals surface area contributed by atoms with Crippen LogP contribution in [0.5, 0.6) is 0 Å². The molecule has 1 aliphatic rings. The molecule has 7 nitrogen and oxygen atoms in total. The van der Waals surface area contributed by atoms with Gasteiger partial charge in [0.05, 0.1) is 0 Å². The van der Waals surface area contributed by atoms with Crippen molar-refractivity contribution in [1.82, 2.24) is 15.0 Å². The van der Waals surface area contributed by atoms with Crippen LogP contribution in [0.4, 0.5) is 10.5 Å². The van der Waals surface area contributed by atoms with Crippen LogP contribution in [0, 0.1) is 0 Å². The van der Waals surface area contributed by atoms with E-state index in [-0.39, 0.29) is 6.03 Å². The van der Waals surface area contributed by atoms with Gasteiger partial charge in [-0.3, -0.25) is 4.21 Å². The van der Waals surface area contributed by atoms with Crippen molar-refractivity contribution in [3.63, 3.8) is 0 Å². The first-order chi connectivity index (χ1) is 9.15. The van der Waals surface area contributed by atoms with Crippen LogP contribution in [-0.4, -0.2) is 39.3 Å². The van der Waals surface area contributed by atoms with Gasteiger partial charge in [-0.25, -0.2) is 4.79 Å². The van der Waals surface area contributed by atoms with E-state index in [1.54, 1.807) is 11.0 Å². The number of carbonyl (C=O) groups is 1. The van der Waals surface area contributed by atoms with Crippen molar-refractivity contribution in [3.05, 3.63) is 29.8 Å². The average Bonchev–Trinajstić information content (AvgIpc) is 2.80. The van der Waals surface area contributed by atoms with Crippen molar-refractivity contribution in [1.29, 1.82) is 0 Å². The van der Waals surface area contributed by atoms with Crippen molar-refractivity contribution in [2.24, 2.45) is 0 Å². The summed E-state index contributed by atoms with van der Waals surface area (Å²) in [5, 5.41) is 2.75. The summed E-state index contributed by atoms with van der Waals surface area (Å²) >= 11 is -2.36. The number of hydrogen-bond acceptors (Lipinski definition) is 4. The number of nitrogens with zero attached hydrogens (tertiary/aromatic N) is 1. The van der Waals surface area contributed by atoms with E-state index in [0.29, 0.717) is 18.8 Å². The Morgan fingerprint density at radius 1 is 1.47 bits per heavy atom. The molecule has 1 heterocycles. The Hall–Kier alpha value is -1.64. The van der Waals surface area contributed by atoms with Crippen LogP contribution in [-0.2, 0) is 17.7 Å². The van der Waals surface area contributed by atoms with Crippen LogP contribution in [0.15, 0.2) is 24.3 Å². The second kappa shape index (κ2) is 6.50. The second-order valence-corrected chi connectivity index (χ2v) is 4.80. The summed E-state index contributed by atoms with van der Waals surface area (Å²) in [4.78, 5) is 15.2. The number of hydrogen-bond donors (Lipinski definition) is 3. The van der Waals surface area contributed by atoms with Gasteiger partial charge in [0.25, 0.3) is 0 Å². The van der Waals surface area contributed by atoms with Gasteiger partial charge in [-0.2, -0.15) is 4.83 Å². The van der Waals surface area contributed by atoms with Gasteiger partial charge in [-0.1, -0.05) is 12.1 Å². The maximum absolute atomic E-state index is 11.4. The summed E-state index contributed by atoms with van der Waals surface area (Å²) in [6, 6.07) is 7.34. The summed E-state index contributed by atoms with van der Waals surface area (Å²) < 4.78 is 20.7. The molecular formula is C11H15N4O3S-. The van der Waals surface area contributed by atoms with Gasteiger partial charge in [0.1, 0.15) is 0 Å². The minimum Gasteiger partial charge on any atom is -0.759 e. The third-order valence-corrected chi connectivity index (χ3v) is 3.09. The smallest absolute Gasteiger partial charge is 0.317 e. The van der Waals surface area contributed by atoms with E-state index < -0.39 is 11.3 Å². The number of anilines is 1. The zero-order chi connectivity index (χ0) is 13.7. The lowest BCUT2D eigenvalue weighted by Gasteiger charge is -2.15. The van der Waals surface area contributed by atoms with Gasteiger partial charge in [-0.05, 0) is 24.1 Å². The number of rotatable bonds is 6. The van der Waals surface area contributed by atoms with Crippen molar-refractivity contribution in [2.45, 2.75) is 6.42 Å². The lowest BCUT2D eigenvalue weighted by Crippen LogP contribution is -2.30. The third-order valence-electron chi connectivity index (χ3n) is 2.82. The summed E-state index contributed by atoms with van der Waals surface area (Å²) in [5.74, 6) is 0. The Morgan fingerprint density at radius 3 is 3.00 bits per heavy atom. The lowest BCUT2D eigenvalue weighted by molar-refractivity contribution is 0.218. The molecule has 19 heavy (non-hydrogen) atoms. The predicted octanol–water partition coefficient (Wildman–Crippen LogP) is -0.0351. The molecule has 1 saturated heterocycles. The Bertz CT molecular complexity index is 483. The van der Waals surface area contributed by atoms with Crippen molar-refractivity contribution >= 4 is 23.0 Å². The van der Waals surface area contributed by atoms with Crippen LogP contribution in [0.1, 0.15) is 5.56 Å². The molecule has 3 N–H and O–H groups in total. The molecule has 0 spiro atoms. The summed E-state index contributed by atoms with van der Waals surface area (Å²) in [5.41, 5.74) is 4.26. The summed E-state index contributed by atoms with van der Waals surface area (Å²) in [7, 11) is 0. The zero-order valence-electron chi connectivity index (χ0n) is 10.2. The highest BCUT2D eigenvalue weighted by Gasteiger charge is 2.18. The highest BCUT2D eigenvalue weighted by Crippen LogP contribution is 2.11. The Morgan fingerprint density at radius 2 is 2.32 bits per heavy atom. The first kappa shape index (κ1) is 13.8. The molecule has 104 valence electrons. The Kier molecular flexibility index (Phi) is 4.72. The number of amides is 2. The molecule has 0 saturated carbocycles. The van der Waals surface area contributed by atoms with E-state index in [2.05, 4.69) is 15.6 Å². The maximum Gasteiger partial charge on any atom is 0.317 e. The summed E-state index contributed by atoms with van der Waals surface area (Å²) in [6.07, 6.45) is 0.726. The van der Waals surface area contributed by atoms with Crippen molar-refractivity contribution in [2.75, 3.05) is 25.1 Å². The molecular weight excluding hydrogens is 268 g/mol. The number of hydrazine groups is 1. The van der Waals surface area contributed by atoms with E-state index in [9.17, 15) is 13.6 Å². The standard InChI is InChI=1S/C11H16N4O3S/c16-11-12-5-7-15(11)6-4-9-2-1-3-10(8-9)13-14-19(17)18/h1-3,8,13-14H,4-7H2,(H,12,16)(H,17,18)/p-1. The average molecular weight is 283 g/mol. The fourth-order valence-corrected chi connectivity index (χ4v) is 2.09. The van der Waals surface area contributed by atoms with E-state index in [1.165, 1.54) is 0 Å². The van der Waals surface area contributed by atoms with Gasteiger partial charge >= 0.3 is 6.03 Å². The van der Waals surface area contributed by atoms with E-state index in [0.717, 1.165) is 18.5 Å². The lowest BCUT2D eigenvalue weighted by atomic mass is 10.1. The van der Waals surface area contributed by atoms with Crippen LogP contribution in [0.2, 0.25) is 0 Å². The zero-order valence-corrected chi connectivity index (χ0v) is 11.0. The quantitative estimate of drug-likeness (QED) is 0.504. The van der Waals surface area contributed by atoms with Gasteiger partial charge in [0.15, 0.2) is 0 Å². The molecule has 0 bridgehead atoms. The molecule has 1 aromatic rings. The molecule has 2 rings (SSSR count). The molecule has 2 amide bonds. The van der Waals surface area contributed by atoms with Crippen molar-refractivity contribution < 1.29 is 13.6 Å². The Balaban J connectivity index is 1.87. The minimum atomic E-state index is -2.36. The molecule has 0 radical (unpaired) electrons. The van der Waals surface area contributed by atoms with E-state index in [4.69, 9.17) is 0 Å². The van der Waals surface area contributed by atoms with E-state index in [1.807, 2.05) is 18.2 Å². The van der Waals surface area contributed by atoms with Crippen LogP contribution in [0.3, 0.4) is 0 Å². The first-order valence-corrected chi connectivity index (χ1v) is 6.95. The predicted molar refractivity (Wildman–Crippen MR) is 70.8 cm³/mol. The molecule has 1 aliphatic heterocycles. The first-order valence-electron chi connectivity index (χ1n) is 5.88. The number of urea groups is 1. The van der Waals surface area contributed by atoms with Crippen LogP contribution in [0.25, 0.3) is 0 Å². The van der Waals surface area contributed by atoms with Crippen LogP contribution < -0.4 is 15.6 Å². The fraction of sp³-hybridized carbons (Fsp3) is 0.364. The topological polar surface area (TPSA) is 96.5 Å².